The van der Waals surface area contributed by atoms with E-state index < -0.39 is 45.9 Å². The largest absolute Gasteiger partial charge is 1.00 e. The molecule has 0 aliphatic carbocycles. The van der Waals surface area contributed by atoms with Crippen LogP contribution in [0.15, 0.2) is 34.9 Å². The number of benzene rings is 1. The Kier molecular flexibility index (Phi) is 10.2. The molecule has 0 bridgehead atoms. The number of carbonyl (C=O) groups is 2. The van der Waals surface area contributed by atoms with E-state index in [1.54, 1.807) is 12.1 Å². The molecule has 12 heteroatoms. The SMILES string of the molecule is CC[C@]1(C)OC2(OCC(COC(=O)CCC(=O)[O-])O2)C(OC(C)C)=C1c1ccc(S(C)(=O)=O)cc1.[Na+]. The molecule has 0 radical (unpaired) electrons. The quantitative estimate of drug-likeness (QED) is 0.260. The van der Waals surface area contributed by atoms with Gasteiger partial charge in [0.1, 0.15) is 18.3 Å². The molecule has 1 aromatic carbocycles. The normalized spacial score (nSPS) is 25.8. The van der Waals surface area contributed by atoms with Crippen molar-refractivity contribution < 1.29 is 76.4 Å². The number of carbonyl (C=O) groups excluding carboxylic acids is 2. The Morgan fingerprint density at radius 3 is 2.36 bits per heavy atom. The van der Waals surface area contributed by atoms with Crippen molar-refractivity contribution in [1.29, 1.82) is 0 Å². The molecule has 2 aliphatic heterocycles. The number of esters is 1. The topological polar surface area (TPSA) is 137 Å². The van der Waals surface area contributed by atoms with Crippen LogP contribution in [0.4, 0.5) is 0 Å². The molecule has 1 fully saturated rings. The molecule has 2 aliphatic rings. The Bertz CT molecular complexity index is 1100. The Labute approximate surface area is 233 Å². The van der Waals surface area contributed by atoms with E-state index in [2.05, 4.69) is 0 Å². The van der Waals surface area contributed by atoms with E-state index in [0.29, 0.717) is 23.3 Å². The van der Waals surface area contributed by atoms with Gasteiger partial charge in [0.15, 0.2) is 15.6 Å². The van der Waals surface area contributed by atoms with Gasteiger partial charge in [0.25, 0.3) is 0 Å². The molecular formula is C24H31NaO10S. The minimum absolute atomic E-state index is 0. The zero-order valence-corrected chi connectivity index (χ0v) is 24.3. The summed E-state index contributed by atoms with van der Waals surface area (Å²) in [6.45, 7) is 7.37. The van der Waals surface area contributed by atoms with Crippen molar-refractivity contribution in [3.05, 3.63) is 35.6 Å². The summed E-state index contributed by atoms with van der Waals surface area (Å²) in [6, 6.07) is 6.43. The minimum atomic E-state index is -3.37. The van der Waals surface area contributed by atoms with Crippen LogP contribution in [0.25, 0.3) is 5.57 Å². The fourth-order valence-electron chi connectivity index (χ4n) is 3.92. The first-order chi connectivity index (χ1) is 16.3. The van der Waals surface area contributed by atoms with Crippen LogP contribution in [0.1, 0.15) is 52.5 Å². The Morgan fingerprint density at radius 1 is 1.19 bits per heavy atom. The molecule has 3 atom stereocenters. The van der Waals surface area contributed by atoms with Gasteiger partial charge in [-0.3, -0.25) is 4.79 Å². The second-order valence-electron chi connectivity index (χ2n) is 9.02. The molecule has 3 rings (SSSR count). The average molecular weight is 535 g/mol. The van der Waals surface area contributed by atoms with Gasteiger partial charge in [-0.25, -0.2) is 8.42 Å². The first-order valence-electron chi connectivity index (χ1n) is 11.4. The van der Waals surface area contributed by atoms with Crippen LogP contribution in [0.2, 0.25) is 0 Å². The van der Waals surface area contributed by atoms with Crippen LogP contribution in [-0.4, -0.2) is 63.6 Å². The number of ether oxygens (including phenoxy) is 5. The van der Waals surface area contributed by atoms with E-state index in [1.807, 2.05) is 27.7 Å². The molecule has 2 heterocycles. The second kappa shape index (κ2) is 11.9. The van der Waals surface area contributed by atoms with E-state index >= 15 is 0 Å². The molecule has 36 heavy (non-hydrogen) atoms. The van der Waals surface area contributed by atoms with E-state index in [4.69, 9.17) is 23.7 Å². The van der Waals surface area contributed by atoms with Crippen LogP contribution in [0.5, 0.6) is 0 Å². The Hall–Kier alpha value is -1.47. The summed E-state index contributed by atoms with van der Waals surface area (Å²) < 4.78 is 53.5. The third kappa shape index (κ3) is 6.89. The first-order valence-corrected chi connectivity index (χ1v) is 13.3. The third-order valence-corrected chi connectivity index (χ3v) is 6.87. The molecule has 1 saturated heterocycles. The van der Waals surface area contributed by atoms with Crippen LogP contribution < -0.4 is 34.7 Å². The zero-order valence-electron chi connectivity index (χ0n) is 21.5. The van der Waals surface area contributed by atoms with E-state index in [-0.39, 0.29) is 60.2 Å². The standard InChI is InChI=1S/C24H32O10S.Na/c1-6-23(4)21(16-7-9-18(10-8-16)35(5,28)29)22(32-15(2)3)24(34-23)31-14-17(33-24)13-30-20(27)12-11-19(25)26;/h7-10,15,17H,6,11-14H2,1-5H3,(H,25,26);/q;+1/p-1/t17?,23-,24?;/m0./s1. The summed E-state index contributed by atoms with van der Waals surface area (Å²) in [7, 11) is -3.37. The van der Waals surface area contributed by atoms with Crippen molar-refractivity contribution in [3.8, 4) is 0 Å². The van der Waals surface area contributed by atoms with Gasteiger partial charge in [0, 0.05) is 17.8 Å². The van der Waals surface area contributed by atoms with Crippen molar-refractivity contribution in [1.82, 2.24) is 0 Å². The predicted molar refractivity (Wildman–Crippen MR) is 121 cm³/mol. The number of carboxylic acids is 1. The summed E-state index contributed by atoms with van der Waals surface area (Å²) in [5, 5.41) is 10.5. The Morgan fingerprint density at radius 2 is 1.83 bits per heavy atom. The van der Waals surface area contributed by atoms with Gasteiger partial charge in [0.05, 0.1) is 24.0 Å². The van der Waals surface area contributed by atoms with Crippen LogP contribution in [0.3, 0.4) is 0 Å². The summed E-state index contributed by atoms with van der Waals surface area (Å²) in [5.41, 5.74) is 0.468. The third-order valence-electron chi connectivity index (χ3n) is 5.74. The zero-order chi connectivity index (χ0) is 26.0. The van der Waals surface area contributed by atoms with Crippen molar-refractivity contribution in [2.75, 3.05) is 19.5 Å². The van der Waals surface area contributed by atoms with E-state index in [9.17, 15) is 23.1 Å². The van der Waals surface area contributed by atoms with Crippen LogP contribution in [0, 0.1) is 0 Å². The summed E-state index contributed by atoms with van der Waals surface area (Å²) in [4.78, 5) is 22.5. The van der Waals surface area contributed by atoms with E-state index in [0.717, 1.165) is 6.26 Å². The van der Waals surface area contributed by atoms with Crippen LogP contribution >= 0.6 is 0 Å². The van der Waals surface area contributed by atoms with Gasteiger partial charge in [-0.05, 0) is 51.3 Å². The fourth-order valence-corrected chi connectivity index (χ4v) is 4.55. The number of carboxylic acid groups (broad SMARTS) is 1. The molecule has 1 spiro atoms. The minimum Gasteiger partial charge on any atom is -0.550 e. The number of hydrogen-bond acceptors (Lipinski definition) is 10. The fraction of sp³-hybridized carbons (Fsp3) is 0.583. The van der Waals surface area contributed by atoms with Gasteiger partial charge in [-0.1, -0.05) is 19.1 Å². The summed E-state index contributed by atoms with van der Waals surface area (Å²) >= 11 is 0. The Balaban J connectivity index is 0.00000456. The molecule has 0 N–H and O–H groups in total. The van der Waals surface area contributed by atoms with Gasteiger partial charge >= 0.3 is 41.5 Å². The number of hydrogen-bond donors (Lipinski definition) is 0. The molecule has 194 valence electrons. The van der Waals surface area contributed by atoms with Crippen molar-refractivity contribution >= 4 is 27.3 Å². The van der Waals surface area contributed by atoms with Gasteiger partial charge in [-0.2, -0.15) is 0 Å². The van der Waals surface area contributed by atoms with Crippen molar-refractivity contribution in [3.63, 3.8) is 0 Å². The van der Waals surface area contributed by atoms with Gasteiger partial charge in [0.2, 0.25) is 0 Å². The molecule has 0 saturated carbocycles. The first kappa shape index (κ1) is 30.8. The maximum absolute atomic E-state index is 11.9. The number of sulfone groups is 1. The average Bonchev–Trinajstić information content (AvgIpc) is 3.28. The predicted octanol–water partition coefficient (Wildman–Crippen LogP) is -1.43. The second-order valence-corrected chi connectivity index (χ2v) is 11.0. The monoisotopic (exact) mass is 534 g/mol. The summed E-state index contributed by atoms with van der Waals surface area (Å²) in [5.74, 6) is -3.39. The molecule has 2 unspecified atom stereocenters. The summed E-state index contributed by atoms with van der Waals surface area (Å²) in [6.07, 6.45) is -0.00717. The smallest absolute Gasteiger partial charge is 0.550 e. The van der Waals surface area contributed by atoms with Crippen molar-refractivity contribution in [2.45, 2.75) is 75.6 Å². The van der Waals surface area contributed by atoms with Gasteiger partial charge in [-0.15, -0.1) is 0 Å². The molecular weight excluding hydrogens is 503 g/mol. The number of aliphatic carboxylic acids is 1. The molecule has 1 aromatic rings. The number of rotatable bonds is 10. The van der Waals surface area contributed by atoms with Crippen molar-refractivity contribution in [2.24, 2.45) is 0 Å². The molecule has 10 nitrogen and oxygen atoms in total. The van der Waals surface area contributed by atoms with Gasteiger partial charge < -0.3 is 33.6 Å². The maximum Gasteiger partial charge on any atom is 1.00 e. The maximum atomic E-state index is 11.9. The van der Waals surface area contributed by atoms with Crippen LogP contribution in [-0.2, 0) is 43.1 Å². The van der Waals surface area contributed by atoms with E-state index in [1.165, 1.54) is 12.1 Å². The molecule has 0 aromatic heterocycles. The molecule has 0 amide bonds.